The summed E-state index contributed by atoms with van der Waals surface area (Å²) < 4.78 is 11.2. The fourth-order valence-electron chi connectivity index (χ4n) is 2.44. The molecule has 3 nitrogen and oxygen atoms in total. The standard InChI is InChI=1S/C15H16O3/c1-10-5-4-6-11-9-13(18-15(10)11)14(16)12-7-2-3-8-17-12/h4-6,9,12H,2-3,7-8H2,1H3. The van der Waals surface area contributed by atoms with Crippen LogP contribution in [0.3, 0.4) is 0 Å². The summed E-state index contributed by atoms with van der Waals surface area (Å²) in [5.74, 6) is 0.400. The quantitative estimate of drug-likeness (QED) is 0.759. The lowest BCUT2D eigenvalue weighted by Crippen LogP contribution is -2.27. The molecule has 2 heterocycles. The van der Waals surface area contributed by atoms with E-state index in [0.717, 1.165) is 35.8 Å². The second kappa shape index (κ2) is 4.58. The summed E-state index contributed by atoms with van der Waals surface area (Å²) in [6, 6.07) is 7.74. The molecule has 1 aliphatic heterocycles. The largest absolute Gasteiger partial charge is 0.453 e. The van der Waals surface area contributed by atoms with Crippen molar-refractivity contribution in [2.24, 2.45) is 0 Å². The number of ether oxygens (including phenoxy) is 1. The molecule has 0 saturated carbocycles. The molecule has 1 atom stereocenters. The van der Waals surface area contributed by atoms with Crippen LogP contribution in [-0.2, 0) is 4.74 Å². The van der Waals surface area contributed by atoms with Gasteiger partial charge in [0.2, 0.25) is 5.78 Å². The highest BCUT2D eigenvalue weighted by molar-refractivity contribution is 6.00. The van der Waals surface area contributed by atoms with Gasteiger partial charge in [0.1, 0.15) is 11.7 Å². The van der Waals surface area contributed by atoms with Crippen molar-refractivity contribution in [2.45, 2.75) is 32.3 Å². The van der Waals surface area contributed by atoms with Crippen LogP contribution in [-0.4, -0.2) is 18.5 Å². The van der Waals surface area contributed by atoms with Gasteiger partial charge in [0.05, 0.1) is 0 Å². The Morgan fingerprint density at radius 1 is 1.33 bits per heavy atom. The molecule has 1 unspecified atom stereocenters. The lowest BCUT2D eigenvalue weighted by atomic mass is 10.0. The number of furan rings is 1. The minimum absolute atomic E-state index is 0.0229. The summed E-state index contributed by atoms with van der Waals surface area (Å²) in [5.41, 5.74) is 1.85. The average Bonchev–Trinajstić information content (AvgIpc) is 2.84. The molecular formula is C15H16O3. The number of hydrogen-bond donors (Lipinski definition) is 0. The summed E-state index contributed by atoms with van der Waals surface area (Å²) in [6.45, 7) is 2.66. The molecule has 2 aromatic rings. The second-order valence-electron chi connectivity index (χ2n) is 4.82. The van der Waals surface area contributed by atoms with Crippen LogP contribution in [0.25, 0.3) is 11.0 Å². The predicted molar refractivity (Wildman–Crippen MR) is 68.9 cm³/mol. The molecule has 94 valence electrons. The first kappa shape index (κ1) is 11.5. The summed E-state index contributed by atoms with van der Waals surface area (Å²) in [6.07, 6.45) is 2.58. The van der Waals surface area contributed by atoms with Gasteiger partial charge in [0, 0.05) is 12.0 Å². The predicted octanol–water partition coefficient (Wildman–Crippen LogP) is 3.49. The summed E-state index contributed by atoms with van der Waals surface area (Å²) in [4.78, 5) is 12.3. The molecule has 0 bridgehead atoms. The number of hydrogen-bond acceptors (Lipinski definition) is 3. The van der Waals surface area contributed by atoms with Gasteiger partial charge in [0.25, 0.3) is 0 Å². The number of benzene rings is 1. The van der Waals surface area contributed by atoms with E-state index < -0.39 is 0 Å². The summed E-state index contributed by atoms with van der Waals surface area (Å²) >= 11 is 0. The molecule has 3 heteroatoms. The first-order valence-corrected chi connectivity index (χ1v) is 6.41. The highest BCUT2D eigenvalue weighted by Gasteiger charge is 2.26. The maximum Gasteiger partial charge on any atom is 0.226 e. The molecule has 0 radical (unpaired) electrons. The zero-order valence-corrected chi connectivity index (χ0v) is 10.4. The molecule has 0 amide bonds. The second-order valence-corrected chi connectivity index (χ2v) is 4.82. The fourth-order valence-corrected chi connectivity index (χ4v) is 2.44. The normalized spacial score (nSPS) is 20.2. The Kier molecular flexibility index (Phi) is 2.92. The van der Waals surface area contributed by atoms with Crippen LogP contribution >= 0.6 is 0 Å². The fraction of sp³-hybridized carbons (Fsp3) is 0.400. The van der Waals surface area contributed by atoms with Gasteiger partial charge in [-0.2, -0.15) is 0 Å². The van der Waals surface area contributed by atoms with Crippen molar-refractivity contribution in [1.29, 1.82) is 0 Å². The lowest BCUT2D eigenvalue weighted by Gasteiger charge is -2.20. The van der Waals surface area contributed by atoms with E-state index in [1.807, 2.05) is 31.2 Å². The number of rotatable bonds is 2. The summed E-state index contributed by atoms with van der Waals surface area (Å²) in [5, 5.41) is 0.981. The maximum atomic E-state index is 12.3. The van der Waals surface area contributed by atoms with E-state index in [9.17, 15) is 4.79 Å². The van der Waals surface area contributed by atoms with Gasteiger partial charge in [-0.25, -0.2) is 0 Å². The van der Waals surface area contributed by atoms with Crippen LogP contribution in [0.1, 0.15) is 35.4 Å². The number of aryl methyl sites for hydroxylation is 1. The molecule has 1 aromatic carbocycles. The zero-order valence-electron chi connectivity index (χ0n) is 10.4. The van der Waals surface area contributed by atoms with E-state index in [2.05, 4.69) is 0 Å². The molecule has 3 rings (SSSR count). The van der Waals surface area contributed by atoms with Crippen molar-refractivity contribution in [3.63, 3.8) is 0 Å². The minimum Gasteiger partial charge on any atom is -0.453 e. The minimum atomic E-state index is -0.320. The number of ketones is 1. The molecule has 1 aromatic heterocycles. The number of carbonyl (C=O) groups is 1. The van der Waals surface area contributed by atoms with E-state index in [0.29, 0.717) is 12.4 Å². The molecule has 1 fully saturated rings. The van der Waals surface area contributed by atoms with E-state index in [1.165, 1.54) is 0 Å². The zero-order chi connectivity index (χ0) is 12.5. The molecular weight excluding hydrogens is 228 g/mol. The highest BCUT2D eigenvalue weighted by Crippen LogP contribution is 2.25. The third kappa shape index (κ3) is 1.95. The lowest BCUT2D eigenvalue weighted by molar-refractivity contribution is 0.0169. The van der Waals surface area contributed by atoms with Crippen molar-refractivity contribution in [3.05, 3.63) is 35.6 Å². The van der Waals surface area contributed by atoms with Crippen LogP contribution in [0.2, 0.25) is 0 Å². The molecule has 18 heavy (non-hydrogen) atoms. The van der Waals surface area contributed by atoms with E-state index in [1.54, 1.807) is 0 Å². The number of fused-ring (bicyclic) bond motifs is 1. The number of Topliss-reactive ketones (excluding diaryl/α,β-unsaturated/α-hetero) is 1. The van der Waals surface area contributed by atoms with Gasteiger partial charge < -0.3 is 9.15 Å². The van der Waals surface area contributed by atoms with E-state index >= 15 is 0 Å². The molecule has 0 spiro atoms. The van der Waals surface area contributed by atoms with Gasteiger partial charge in [-0.3, -0.25) is 4.79 Å². The topological polar surface area (TPSA) is 39.4 Å². The molecule has 1 saturated heterocycles. The first-order chi connectivity index (χ1) is 8.75. The van der Waals surface area contributed by atoms with Crippen LogP contribution in [0.15, 0.2) is 28.7 Å². The SMILES string of the molecule is Cc1cccc2cc(C(=O)C3CCCCO3)oc12. The Morgan fingerprint density at radius 3 is 2.94 bits per heavy atom. The van der Waals surface area contributed by atoms with Crippen LogP contribution in [0, 0.1) is 6.92 Å². The third-order valence-electron chi connectivity index (χ3n) is 3.46. The van der Waals surface area contributed by atoms with Crippen molar-refractivity contribution < 1.29 is 13.9 Å². The Labute approximate surface area is 106 Å². The Balaban J connectivity index is 1.94. The van der Waals surface area contributed by atoms with Crippen molar-refractivity contribution in [2.75, 3.05) is 6.61 Å². The van der Waals surface area contributed by atoms with E-state index in [-0.39, 0.29) is 11.9 Å². The highest BCUT2D eigenvalue weighted by atomic mass is 16.5. The third-order valence-corrected chi connectivity index (χ3v) is 3.46. The van der Waals surface area contributed by atoms with E-state index in [4.69, 9.17) is 9.15 Å². The van der Waals surface area contributed by atoms with Gasteiger partial charge in [-0.1, -0.05) is 18.2 Å². The van der Waals surface area contributed by atoms with Crippen molar-refractivity contribution in [3.8, 4) is 0 Å². The Morgan fingerprint density at radius 2 is 2.22 bits per heavy atom. The average molecular weight is 244 g/mol. The van der Waals surface area contributed by atoms with Gasteiger partial charge in [0.15, 0.2) is 5.76 Å². The summed E-state index contributed by atoms with van der Waals surface area (Å²) in [7, 11) is 0. The van der Waals surface area contributed by atoms with Crippen molar-refractivity contribution >= 4 is 16.8 Å². The van der Waals surface area contributed by atoms with Crippen molar-refractivity contribution in [1.82, 2.24) is 0 Å². The van der Waals surface area contributed by atoms with Crippen LogP contribution in [0.5, 0.6) is 0 Å². The smallest absolute Gasteiger partial charge is 0.226 e. The molecule has 0 aliphatic carbocycles. The molecule has 0 N–H and O–H groups in total. The Hall–Kier alpha value is -1.61. The van der Waals surface area contributed by atoms with Gasteiger partial charge in [-0.05, 0) is 37.8 Å². The molecule has 1 aliphatic rings. The monoisotopic (exact) mass is 244 g/mol. The van der Waals surface area contributed by atoms with Crippen LogP contribution < -0.4 is 0 Å². The number of carbonyl (C=O) groups excluding carboxylic acids is 1. The number of para-hydroxylation sites is 1. The van der Waals surface area contributed by atoms with Crippen LogP contribution in [0.4, 0.5) is 0 Å². The maximum absolute atomic E-state index is 12.3. The Bertz CT molecular complexity index is 576. The van der Waals surface area contributed by atoms with Gasteiger partial charge in [-0.15, -0.1) is 0 Å². The van der Waals surface area contributed by atoms with Gasteiger partial charge >= 0.3 is 0 Å². The first-order valence-electron chi connectivity index (χ1n) is 6.41.